The molecule has 3 unspecified atom stereocenters. The van der Waals surface area contributed by atoms with Crippen LogP contribution in [-0.4, -0.2) is 74.5 Å². The van der Waals surface area contributed by atoms with Crippen molar-refractivity contribution in [2.24, 2.45) is 11.8 Å². The molecule has 3 saturated heterocycles. The van der Waals surface area contributed by atoms with Crippen molar-refractivity contribution in [3.05, 3.63) is 35.9 Å². The summed E-state index contributed by atoms with van der Waals surface area (Å²) in [5.74, 6) is -2.05. The van der Waals surface area contributed by atoms with Gasteiger partial charge in [0.1, 0.15) is 6.04 Å². The summed E-state index contributed by atoms with van der Waals surface area (Å²) in [4.78, 5) is 42.3. The smallest absolute Gasteiger partial charge is 0.310 e. The summed E-state index contributed by atoms with van der Waals surface area (Å²) in [6.45, 7) is 4.32. The largest absolute Gasteiger partial charge is 0.466 e. The lowest BCUT2D eigenvalue weighted by Crippen LogP contribution is -2.57. The number of ether oxygens (including phenoxy) is 1. The second kappa shape index (κ2) is 10.6. The van der Waals surface area contributed by atoms with Crippen molar-refractivity contribution in [1.29, 1.82) is 0 Å². The molecular weight excluding hydrogens is 520 g/mol. The van der Waals surface area contributed by atoms with Gasteiger partial charge in [0.25, 0.3) is 0 Å². The molecule has 2 N–H and O–H groups in total. The second-order valence-electron chi connectivity index (χ2n) is 9.33. The van der Waals surface area contributed by atoms with E-state index < -0.39 is 28.7 Å². The van der Waals surface area contributed by atoms with E-state index in [1.54, 1.807) is 23.6 Å². The first-order valence-electron chi connectivity index (χ1n) is 12.1. The van der Waals surface area contributed by atoms with Crippen LogP contribution in [0.15, 0.2) is 30.3 Å². The molecule has 9 heteroatoms. The van der Waals surface area contributed by atoms with Crippen LogP contribution in [0.4, 0.5) is 0 Å². The molecule has 3 fully saturated rings. The van der Waals surface area contributed by atoms with E-state index in [0.717, 1.165) is 18.4 Å². The molecule has 2 amide bonds. The number of thioether (sulfide) groups is 1. The maximum atomic E-state index is 14.0. The van der Waals surface area contributed by atoms with Crippen molar-refractivity contribution in [3.8, 4) is 0 Å². The summed E-state index contributed by atoms with van der Waals surface area (Å²) >= 11 is 5.32. The summed E-state index contributed by atoms with van der Waals surface area (Å²) in [7, 11) is 0. The Balaban J connectivity index is 1.73. The van der Waals surface area contributed by atoms with Gasteiger partial charge in [0.15, 0.2) is 0 Å². The topological polar surface area (TPSA) is 95.9 Å². The van der Waals surface area contributed by atoms with E-state index in [1.807, 2.05) is 30.3 Å². The van der Waals surface area contributed by atoms with Crippen molar-refractivity contribution in [3.63, 3.8) is 0 Å². The van der Waals surface area contributed by atoms with E-state index in [4.69, 9.17) is 4.74 Å². The van der Waals surface area contributed by atoms with Crippen LogP contribution in [0, 0.1) is 11.8 Å². The normalized spacial score (nSPS) is 32.5. The zero-order valence-corrected chi connectivity index (χ0v) is 22.0. The number of likely N-dealkylation sites (tertiary alicyclic amines) is 1. The molecule has 3 aliphatic rings. The summed E-state index contributed by atoms with van der Waals surface area (Å²) < 4.78 is 4.65. The molecule has 34 heavy (non-hydrogen) atoms. The first-order valence-corrected chi connectivity index (χ1v) is 13.9. The number of hydrogen-bond acceptors (Lipinski definition) is 6. The fourth-order valence-electron chi connectivity index (χ4n) is 5.89. The third kappa shape index (κ3) is 4.28. The van der Waals surface area contributed by atoms with Crippen molar-refractivity contribution in [2.75, 3.05) is 19.8 Å². The predicted molar refractivity (Wildman–Crippen MR) is 135 cm³/mol. The van der Waals surface area contributed by atoms with Crippen LogP contribution in [-0.2, 0) is 25.5 Å². The third-order valence-electron chi connectivity index (χ3n) is 7.28. The molecule has 1 aromatic rings. The number of halogens is 1. The lowest BCUT2D eigenvalue weighted by molar-refractivity contribution is -0.154. The number of alkyl halides is 1. The number of carbonyl (C=O) groups is 3. The Bertz CT molecular complexity index is 918. The highest BCUT2D eigenvalue weighted by Gasteiger charge is 2.76. The standard InChI is InChI=1S/C25H33BrN2O5S/c1-3-5-11-27-22(30)21-25-13-17(26)20(34-25)18(24(32)33-4-2)19(25)23(31)28(21)16(14-29)12-15-9-7-6-8-10-15/h6-10,16-21,29H,3-5,11-14H2,1-2H3,(H,27,30)/t16-,17?,18+,19+,20+,21?,25?/m1/s1. The molecule has 1 aromatic carbocycles. The lowest BCUT2D eigenvalue weighted by Gasteiger charge is -2.37. The van der Waals surface area contributed by atoms with E-state index in [-0.39, 0.29) is 41.1 Å². The summed E-state index contributed by atoms with van der Waals surface area (Å²) in [5.41, 5.74) is 0.978. The van der Waals surface area contributed by atoms with E-state index in [1.165, 1.54) is 0 Å². The van der Waals surface area contributed by atoms with Gasteiger partial charge in [-0.05, 0) is 31.7 Å². The predicted octanol–water partition coefficient (Wildman–Crippen LogP) is 2.53. The minimum Gasteiger partial charge on any atom is -0.466 e. The minimum absolute atomic E-state index is 0.00329. The van der Waals surface area contributed by atoms with E-state index in [2.05, 4.69) is 28.2 Å². The van der Waals surface area contributed by atoms with Crippen LogP contribution < -0.4 is 5.32 Å². The number of amides is 2. The molecule has 0 aromatic heterocycles. The van der Waals surface area contributed by atoms with Gasteiger partial charge in [-0.2, -0.15) is 0 Å². The van der Waals surface area contributed by atoms with Crippen molar-refractivity contribution >= 4 is 45.5 Å². The van der Waals surface area contributed by atoms with Gasteiger partial charge in [0.05, 0.1) is 35.8 Å². The highest BCUT2D eigenvalue weighted by molar-refractivity contribution is 9.09. The number of unbranched alkanes of at least 4 members (excludes halogenated alkanes) is 1. The summed E-state index contributed by atoms with van der Waals surface area (Å²) in [6, 6.07) is 8.35. The molecule has 0 saturated carbocycles. The Morgan fingerprint density at radius 1 is 1.32 bits per heavy atom. The van der Waals surface area contributed by atoms with Crippen LogP contribution in [0.2, 0.25) is 0 Å². The number of aliphatic hydroxyl groups excluding tert-OH is 1. The van der Waals surface area contributed by atoms with Crippen molar-refractivity contribution in [2.45, 2.75) is 66.4 Å². The molecule has 1 spiro atoms. The van der Waals surface area contributed by atoms with Gasteiger partial charge in [-0.25, -0.2) is 0 Å². The maximum absolute atomic E-state index is 14.0. The average molecular weight is 554 g/mol. The number of fused-ring (bicyclic) bond motifs is 1. The first kappa shape index (κ1) is 25.5. The number of hydrogen-bond donors (Lipinski definition) is 2. The van der Waals surface area contributed by atoms with Crippen molar-refractivity contribution in [1.82, 2.24) is 10.2 Å². The van der Waals surface area contributed by atoms with Gasteiger partial charge in [0.2, 0.25) is 11.8 Å². The third-order valence-corrected chi connectivity index (χ3v) is 10.5. The van der Waals surface area contributed by atoms with E-state index in [0.29, 0.717) is 19.4 Å². The minimum atomic E-state index is -0.753. The molecule has 2 bridgehead atoms. The number of nitrogens with zero attached hydrogens (tertiary/aromatic N) is 1. The van der Waals surface area contributed by atoms with Gasteiger partial charge in [0, 0.05) is 16.6 Å². The molecule has 3 aliphatic heterocycles. The summed E-state index contributed by atoms with van der Waals surface area (Å²) in [5, 5.41) is 13.3. The van der Waals surface area contributed by atoms with E-state index >= 15 is 0 Å². The SMILES string of the molecule is CCCCNC(=O)C1N([C@@H](CO)Cc2ccccc2)C(=O)[C@@H]2[C@H](C(=O)OCC)[C@H]3SC12CC3Br. The van der Waals surface area contributed by atoms with Crippen molar-refractivity contribution < 1.29 is 24.2 Å². The Kier molecular flexibility index (Phi) is 7.94. The highest BCUT2D eigenvalue weighted by Crippen LogP contribution is 2.68. The van der Waals surface area contributed by atoms with Gasteiger partial charge in [-0.15, -0.1) is 11.8 Å². The van der Waals surface area contributed by atoms with Crippen LogP contribution in [0.25, 0.3) is 0 Å². The first-order chi connectivity index (χ1) is 16.4. The molecule has 7 atom stereocenters. The van der Waals surface area contributed by atoms with Gasteiger partial charge in [-0.3, -0.25) is 14.4 Å². The Morgan fingerprint density at radius 3 is 2.71 bits per heavy atom. The number of rotatable bonds is 10. The Labute approximate surface area is 213 Å². The Morgan fingerprint density at radius 2 is 2.06 bits per heavy atom. The highest BCUT2D eigenvalue weighted by atomic mass is 79.9. The molecule has 3 heterocycles. The van der Waals surface area contributed by atoms with Crippen LogP contribution >= 0.6 is 27.7 Å². The van der Waals surface area contributed by atoms with E-state index in [9.17, 15) is 19.5 Å². The monoisotopic (exact) mass is 552 g/mol. The van der Waals surface area contributed by atoms with Crippen LogP contribution in [0.3, 0.4) is 0 Å². The maximum Gasteiger partial charge on any atom is 0.310 e. The quantitative estimate of drug-likeness (QED) is 0.263. The number of aliphatic hydroxyl groups is 1. The van der Waals surface area contributed by atoms with Gasteiger partial charge in [-0.1, -0.05) is 59.6 Å². The molecule has 4 rings (SSSR count). The number of carbonyl (C=O) groups excluding carboxylic acids is 3. The number of esters is 1. The second-order valence-corrected chi connectivity index (χ2v) is 12.0. The van der Waals surface area contributed by atoms with Gasteiger partial charge < -0.3 is 20.1 Å². The summed E-state index contributed by atoms with van der Waals surface area (Å²) in [6.07, 6.45) is 2.83. The zero-order chi connectivity index (χ0) is 24.5. The fraction of sp³-hybridized carbons (Fsp3) is 0.640. The van der Waals surface area contributed by atoms with Crippen LogP contribution in [0.1, 0.15) is 38.7 Å². The average Bonchev–Trinajstić information content (AvgIpc) is 3.42. The molecule has 186 valence electrons. The Hall–Kier alpha value is -1.58. The number of nitrogens with one attached hydrogen (secondary N) is 1. The zero-order valence-electron chi connectivity index (χ0n) is 19.6. The lowest BCUT2D eigenvalue weighted by atomic mass is 9.71. The fourth-order valence-corrected chi connectivity index (χ4v) is 9.48. The van der Waals surface area contributed by atoms with Gasteiger partial charge >= 0.3 is 5.97 Å². The molecule has 0 aliphatic carbocycles. The van der Waals surface area contributed by atoms with Crippen LogP contribution in [0.5, 0.6) is 0 Å². The molecule has 0 radical (unpaired) electrons. The number of benzene rings is 1. The molecule has 7 nitrogen and oxygen atoms in total. The molecular formula is C25H33BrN2O5S.